The summed E-state index contributed by atoms with van der Waals surface area (Å²) in [5, 5.41) is 9.85. The van der Waals surface area contributed by atoms with Crippen LogP contribution in [0.15, 0.2) is 36.5 Å². The number of hydrogen-bond acceptors (Lipinski definition) is 3. The van der Waals surface area contributed by atoms with Crippen LogP contribution in [0, 0.1) is 17.5 Å². The summed E-state index contributed by atoms with van der Waals surface area (Å²) in [4.78, 5) is 17.2. The molecule has 1 aliphatic rings. The van der Waals surface area contributed by atoms with Gasteiger partial charge in [0.15, 0.2) is 11.5 Å². The lowest BCUT2D eigenvalue weighted by Crippen LogP contribution is -2.33. The van der Waals surface area contributed by atoms with Gasteiger partial charge in [-0.25, -0.2) is 18.2 Å². The molecule has 120 valence electrons. The van der Waals surface area contributed by atoms with Crippen LogP contribution in [-0.2, 0) is 0 Å². The van der Waals surface area contributed by atoms with E-state index in [4.69, 9.17) is 0 Å². The highest BCUT2D eigenvalue weighted by Crippen LogP contribution is 2.33. The number of hydrogen-bond donors (Lipinski definition) is 1. The molecule has 0 saturated carbocycles. The Hall–Kier alpha value is -2.41. The second-order valence-corrected chi connectivity index (χ2v) is 5.40. The van der Waals surface area contributed by atoms with E-state index < -0.39 is 41.2 Å². The average molecular weight is 322 g/mol. The van der Waals surface area contributed by atoms with E-state index in [1.54, 1.807) is 6.07 Å². The zero-order valence-corrected chi connectivity index (χ0v) is 11.9. The van der Waals surface area contributed by atoms with Crippen LogP contribution in [0.25, 0.3) is 0 Å². The number of carbonyl (C=O) groups is 1. The smallest absolute Gasteiger partial charge is 0.276 e. The van der Waals surface area contributed by atoms with Crippen LogP contribution < -0.4 is 0 Å². The maximum atomic E-state index is 13.8. The molecular formula is C16H13F3N2O2. The highest BCUT2D eigenvalue weighted by Gasteiger charge is 2.37. The van der Waals surface area contributed by atoms with Crippen LogP contribution in [0.1, 0.15) is 28.5 Å². The Kier molecular flexibility index (Phi) is 4.04. The molecule has 2 atom stereocenters. The summed E-state index contributed by atoms with van der Waals surface area (Å²) < 4.78 is 40.1. The monoisotopic (exact) mass is 322 g/mol. The molecule has 1 fully saturated rings. The highest BCUT2D eigenvalue weighted by molar-refractivity contribution is 5.93. The normalized spacial score (nSPS) is 20.8. The van der Waals surface area contributed by atoms with E-state index in [1.807, 2.05) is 0 Å². The fraction of sp³-hybridized carbons (Fsp3) is 0.250. The van der Waals surface area contributed by atoms with Gasteiger partial charge in [0.25, 0.3) is 5.91 Å². The first-order chi connectivity index (χ1) is 11.0. The Bertz CT molecular complexity index is 754. The molecule has 0 radical (unpaired) electrons. The molecule has 1 N–H and O–H groups in total. The number of aliphatic hydroxyl groups is 1. The SMILES string of the molecule is O=C(c1ncc(F)cc1F)N1C[C@@H](O)C[C@H]1c1cccc(F)c1. The van der Waals surface area contributed by atoms with Gasteiger partial charge in [0.1, 0.15) is 11.6 Å². The van der Waals surface area contributed by atoms with Gasteiger partial charge in [-0.1, -0.05) is 12.1 Å². The van der Waals surface area contributed by atoms with Crippen molar-refractivity contribution in [2.75, 3.05) is 6.54 Å². The number of halogens is 3. The number of benzene rings is 1. The Morgan fingerprint density at radius 1 is 1.22 bits per heavy atom. The third kappa shape index (κ3) is 3.05. The Morgan fingerprint density at radius 3 is 2.70 bits per heavy atom. The first-order valence-corrected chi connectivity index (χ1v) is 7.01. The molecule has 0 spiro atoms. The van der Waals surface area contributed by atoms with E-state index in [0.717, 1.165) is 6.20 Å². The lowest BCUT2D eigenvalue weighted by atomic mass is 10.0. The van der Waals surface area contributed by atoms with Crippen molar-refractivity contribution in [3.8, 4) is 0 Å². The lowest BCUT2D eigenvalue weighted by Gasteiger charge is -2.24. The van der Waals surface area contributed by atoms with E-state index in [1.165, 1.54) is 23.1 Å². The van der Waals surface area contributed by atoms with Crippen LogP contribution in [0.3, 0.4) is 0 Å². The maximum absolute atomic E-state index is 13.8. The number of pyridine rings is 1. The van der Waals surface area contributed by atoms with Crippen molar-refractivity contribution in [1.29, 1.82) is 0 Å². The standard InChI is InChI=1S/C16H13F3N2O2/c17-10-3-1-2-9(4-10)14-6-12(22)8-21(14)16(23)15-13(19)5-11(18)7-20-15/h1-5,7,12,14,22H,6,8H2/t12-,14-/m0/s1. The minimum atomic E-state index is -1.07. The van der Waals surface area contributed by atoms with Crippen molar-refractivity contribution in [2.45, 2.75) is 18.6 Å². The molecule has 4 nitrogen and oxygen atoms in total. The van der Waals surface area contributed by atoms with E-state index in [9.17, 15) is 23.1 Å². The van der Waals surface area contributed by atoms with Crippen molar-refractivity contribution in [1.82, 2.24) is 9.88 Å². The molecule has 1 amide bonds. The summed E-state index contributed by atoms with van der Waals surface area (Å²) in [6, 6.07) is 5.62. The summed E-state index contributed by atoms with van der Waals surface area (Å²) in [6.45, 7) is -0.0293. The molecule has 1 aromatic carbocycles. The summed E-state index contributed by atoms with van der Waals surface area (Å²) in [5.74, 6) is -3.20. The van der Waals surface area contributed by atoms with Crippen LogP contribution in [-0.4, -0.2) is 33.5 Å². The molecule has 3 rings (SSSR count). The predicted octanol–water partition coefficient (Wildman–Crippen LogP) is 2.45. The molecule has 0 aliphatic carbocycles. The van der Waals surface area contributed by atoms with Crippen molar-refractivity contribution < 1.29 is 23.1 Å². The molecule has 23 heavy (non-hydrogen) atoms. The van der Waals surface area contributed by atoms with Crippen LogP contribution in [0.4, 0.5) is 13.2 Å². The predicted molar refractivity (Wildman–Crippen MR) is 75.0 cm³/mol. The van der Waals surface area contributed by atoms with Gasteiger partial charge in [-0.3, -0.25) is 4.79 Å². The Balaban J connectivity index is 1.94. The summed E-state index contributed by atoms with van der Waals surface area (Å²) in [7, 11) is 0. The third-order valence-corrected chi connectivity index (χ3v) is 3.78. The first-order valence-electron chi connectivity index (χ1n) is 7.01. The van der Waals surface area contributed by atoms with Crippen LogP contribution in [0.5, 0.6) is 0 Å². The number of carbonyl (C=O) groups excluding carboxylic acids is 1. The highest BCUT2D eigenvalue weighted by atomic mass is 19.1. The van der Waals surface area contributed by atoms with E-state index in [-0.39, 0.29) is 13.0 Å². The molecule has 0 bridgehead atoms. The summed E-state index contributed by atoms with van der Waals surface area (Å²) in [5.41, 5.74) is -0.0284. The summed E-state index contributed by atoms with van der Waals surface area (Å²) in [6.07, 6.45) is 0.147. The van der Waals surface area contributed by atoms with Crippen molar-refractivity contribution in [3.05, 3.63) is 65.2 Å². The van der Waals surface area contributed by atoms with Crippen molar-refractivity contribution in [3.63, 3.8) is 0 Å². The van der Waals surface area contributed by atoms with Crippen LogP contribution in [0.2, 0.25) is 0 Å². The number of rotatable bonds is 2. The second kappa shape index (κ2) is 6.00. The summed E-state index contributed by atoms with van der Waals surface area (Å²) >= 11 is 0. The van der Waals surface area contributed by atoms with Crippen molar-refractivity contribution >= 4 is 5.91 Å². The van der Waals surface area contributed by atoms with E-state index >= 15 is 0 Å². The molecule has 1 aliphatic heterocycles. The number of nitrogens with zero attached hydrogens (tertiary/aromatic N) is 2. The number of amides is 1. The zero-order chi connectivity index (χ0) is 16.6. The molecule has 2 heterocycles. The zero-order valence-electron chi connectivity index (χ0n) is 11.9. The molecular weight excluding hydrogens is 309 g/mol. The van der Waals surface area contributed by atoms with E-state index in [0.29, 0.717) is 11.6 Å². The van der Waals surface area contributed by atoms with Gasteiger partial charge in [0.05, 0.1) is 18.3 Å². The van der Waals surface area contributed by atoms with Gasteiger partial charge in [-0.05, 0) is 24.1 Å². The quantitative estimate of drug-likeness (QED) is 0.924. The first kappa shape index (κ1) is 15.5. The Labute approximate surface area is 130 Å². The van der Waals surface area contributed by atoms with E-state index in [2.05, 4.69) is 4.98 Å². The maximum Gasteiger partial charge on any atom is 0.276 e. The number of β-amino-alcohol motifs (C(OH)–C–C–N with tert-alkyl or cyclic N) is 1. The van der Waals surface area contributed by atoms with Gasteiger partial charge in [0, 0.05) is 12.6 Å². The number of aliphatic hydroxyl groups excluding tert-OH is 1. The molecule has 1 aromatic heterocycles. The number of likely N-dealkylation sites (tertiary alicyclic amines) is 1. The fourth-order valence-corrected chi connectivity index (χ4v) is 2.78. The molecule has 0 unspecified atom stereocenters. The largest absolute Gasteiger partial charge is 0.391 e. The minimum Gasteiger partial charge on any atom is -0.391 e. The number of aromatic nitrogens is 1. The van der Waals surface area contributed by atoms with Gasteiger partial charge in [-0.2, -0.15) is 0 Å². The van der Waals surface area contributed by atoms with Gasteiger partial charge >= 0.3 is 0 Å². The van der Waals surface area contributed by atoms with Crippen molar-refractivity contribution in [2.24, 2.45) is 0 Å². The van der Waals surface area contributed by atoms with Gasteiger partial charge in [-0.15, -0.1) is 0 Å². The Morgan fingerprint density at radius 2 is 2.00 bits per heavy atom. The second-order valence-electron chi connectivity index (χ2n) is 5.40. The molecule has 2 aromatic rings. The third-order valence-electron chi connectivity index (χ3n) is 3.78. The average Bonchev–Trinajstić information content (AvgIpc) is 2.89. The van der Waals surface area contributed by atoms with Gasteiger partial charge in [0.2, 0.25) is 0 Å². The fourth-order valence-electron chi connectivity index (χ4n) is 2.78. The molecule has 7 heteroatoms. The topological polar surface area (TPSA) is 53.4 Å². The van der Waals surface area contributed by atoms with Crippen LogP contribution >= 0.6 is 0 Å². The van der Waals surface area contributed by atoms with Gasteiger partial charge < -0.3 is 10.0 Å². The minimum absolute atomic E-state index is 0.0293. The molecule has 1 saturated heterocycles. The lowest BCUT2D eigenvalue weighted by molar-refractivity contribution is 0.0704.